The third-order valence-corrected chi connectivity index (χ3v) is 3.84. The van der Waals surface area contributed by atoms with Gasteiger partial charge in [-0.05, 0) is 54.8 Å². The van der Waals surface area contributed by atoms with Crippen LogP contribution in [-0.2, 0) is 6.18 Å². The zero-order valence-corrected chi connectivity index (χ0v) is 13.8. The molecule has 1 unspecified atom stereocenters. The van der Waals surface area contributed by atoms with Gasteiger partial charge in [-0.2, -0.15) is 13.2 Å². The molecular weight excluding hydrogens is 333 g/mol. The molecule has 0 aliphatic carbocycles. The first-order valence-corrected chi connectivity index (χ1v) is 7.64. The fourth-order valence-electron chi connectivity index (χ4n) is 2.20. The monoisotopic (exact) mass is 352 g/mol. The van der Waals surface area contributed by atoms with Crippen LogP contribution < -0.4 is 10.6 Å². The molecular formula is C18H19F3N2O2. The van der Waals surface area contributed by atoms with E-state index in [1.165, 1.54) is 12.1 Å². The van der Waals surface area contributed by atoms with Crippen LogP contribution in [0.15, 0.2) is 42.5 Å². The molecule has 25 heavy (non-hydrogen) atoms. The summed E-state index contributed by atoms with van der Waals surface area (Å²) in [5.74, 6) is 0. The SMILES string of the molecule is Cc1ccc(NC(=O)NCC(O)c2ccc(C(F)(F)F)cc2)cc1C. The van der Waals surface area contributed by atoms with Gasteiger partial charge in [-0.15, -0.1) is 0 Å². The molecule has 0 bridgehead atoms. The largest absolute Gasteiger partial charge is 0.416 e. The molecule has 0 fully saturated rings. The maximum atomic E-state index is 12.5. The second kappa shape index (κ2) is 7.57. The van der Waals surface area contributed by atoms with Gasteiger partial charge >= 0.3 is 12.2 Å². The number of aliphatic hydroxyl groups excluding tert-OH is 1. The average molecular weight is 352 g/mol. The quantitative estimate of drug-likeness (QED) is 0.773. The van der Waals surface area contributed by atoms with Crippen LogP contribution in [0.3, 0.4) is 0 Å². The lowest BCUT2D eigenvalue weighted by Crippen LogP contribution is -2.32. The van der Waals surface area contributed by atoms with E-state index < -0.39 is 23.9 Å². The summed E-state index contributed by atoms with van der Waals surface area (Å²) in [5, 5.41) is 15.1. The molecule has 2 rings (SSSR count). The van der Waals surface area contributed by atoms with Gasteiger partial charge in [0.05, 0.1) is 11.7 Å². The number of aliphatic hydroxyl groups is 1. The van der Waals surface area contributed by atoms with Gasteiger partial charge in [0.15, 0.2) is 0 Å². The minimum Gasteiger partial charge on any atom is -0.387 e. The Kier molecular flexibility index (Phi) is 5.69. The van der Waals surface area contributed by atoms with Gasteiger partial charge in [0.25, 0.3) is 0 Å². The van der Waals surface area contributed by atoms with E-state index in [4.69, 9.17) is 0 Å². The number of alkyl halides is 3. The fourth-order valence-corrected chi connectivity index (χ4v) is 2.20. The Labute approximate surface area is 143 Å². The van der Waals surface area contributed by atoms with E-state index >= 15 is 0 Å². The number of hydrogen-bond acceptors (Lipinski definition) is 2. The number of carbonyl (C=O) groups is 1. The molecule has 2 aromatic carbocycles. The predicted molar refractivity (Wildman–Crippen MR) is 89.3 cm³/mol. The number of carbonyl (C=O) groups excluding carboxylic acids is 1. The minimum atomic E-state index is -4.42. The molecule has 0 saturated heterocycles. The van der Waals surface area contributed by atoms with Gasteiger partial charge in [-0.3, -0.25) is 0 Å². The van der Waals surface area contributed by atoms with Crippen molar-refractivity contribution in [1.82, 2.24) is 5.32 Å². The van der Waals surface area contributed by atoms with Crippen molar-refractivity contribution in [3.8, 4) is 0 Å². The Balaban J connectivity index is 1.89. The molecule has 0 spiro atoms. The smallest absolute Gasteiger partial charge is 0.387 e. The molecule has 0 heterocycles. The third-order valence-electron chi connectivity index (χ3n) is 3.84. The van der Waals surface area contributed by atoms with Gasteiger partial charge in [0.1, 0.15) is 0 Å². The predicted octanol–water partition coefficient (Wildman–Crippen LogP) is 4.18. The first-order valence-electron chi connectivity index (χ1n) is 7.64. The Bertz CT molecular complexity index is 743. The van der Waals surface area contributed by atoms with Crippen LogP contribution in [0.4, 0.5) is 23.7 Å². The lowest BCUT2D eigenvalue weighted by Gasteiger charge is -2.14. The lowest BCUT2D eigenvalue weighted by molar-refractivity contribution is -0.137. The first-order chi connectivity index (χ1) is 11.7. The van der Waals surface area contributed by atoms with Crippen molar-refractivity contribution in [3.63, 3.8) is 0 Å². The highest BCUT2D eigenvalue weighted by Crippen LogP contribution is 2.29. The molecule has 4 nitrogen and oxygen atoms in total. The van der Waals surface area contributed by atoms with E-state index in [9.17, 15) is 23.1 Å². The molecule has 7 heteroatoms. The number of nitrogens with one attached hydrogen (secondary N) is 2. The van der Waals surface area contributed by atoms with E-state index in [1.807, 2.05) is 26.0 Å². The number of urea groups is 1. The van der Waals surface area contributed by atoms with E-state index in [0.29, 0.717) is 11.3 Å². The number of rotatable bonds is 4. The molecule has 0 saturated carbocycles. The number of benzene rings is 2. The fraction of sp³-hybridized carbons (Fsp3) is 0.278. The highest BCUT2D eigenvalue weighted by atomic mass is 19.4. The number of amides is 2. The van der Waals surface area contributed by atoms with Crippen molar-refractivity contribution in [3.05, 3.63) is 64.7 Å². The number of anilines is 1. The van der Waals surface area contributed by atoms with E-state index in [1.54, 1.807) is 6.07 Å². The lowest BCUT2D eigenvalue weighted by atomic mass is 10.1. The van der Waals surface area contributed by atoms with Crippen LogP contribution in [0.25, 0.3) is 0 Å². The summed E-state index contributed by atoms with van der Waals surface area (Å²) >= 11 is 0. The zero-order valence-electron chi connectivity index (χ0n) is 13.8. The van der Waals surface area contributed by atoms with E-state index in [2.05, 4.69) is 10.6 Å². The normalized spacial score (nSPS) is 12.6. The van der Waals surface area contributed by atoms with Crippen molar-refractivity contribution in [2.24, 2.45) is 0 Å². The average Bonchev–Trinajstić information content (AvgIpc) is 2.55. The molecule has 1 atom stereocenters. The summed E-state index contributed by atoms with van der Waals surface area (Å²) in [6.07, 6.45) is -5.53. The Hall–Kier alpha value is -2.54. The maximum absolute atomic E-state index is 12.5. The molecule has 134 valence electrons. The van der Waals surface area contributed by atoms with E-state index in [-0.39, 0.29) is 6.54 Å². The Morgan fingerprint density at radius 2 is 1.72 bits per heavy atom. The van der Waals surface area contributed by atoms with Gasteiger partial charge in [-0.25, -0.2) is 4.79 Å². The Morgan fingerprint density at radius 3 is 2.28 bits per heavy atom. The number of hydrogen-bond donors (Lipinski definition) is 3. The van der Waals surface area contributed by atoms with Gasteiger partial charge < -0.3 is 15.7 Å². The van der Waals surface area contributed by atoms with Crippen molar-refractivity contribution >= 4 is 11.7 Å². The summed E-state index contributed by atoms with van der Waals surface area (Å²) in [7, 11) is 0. The highest BCUT2D eigenvalue weighted by molar-refractivity contribution is 5.89. The van der Waals surface area contributed by atoms with Crippen molar-refractivity contribution in [1.29, 1.82) is 0 Å². The van der Waals surface area contributed by atoms with Crippen molar-refractivity contribution in [2.75, 3.05) is 11.9 Å². The third kappa shape index (κ3) is 5.22. The van der Waals surface area contributed by atoms with Crippen LogP contribution in [0.5, 0.6) is 0 Å². The standard InChI is InChI=1S/C18H19F3N2O2/c1-11-3-8-15(9-12(11)2)23-17(25)22-10-16(24)13-4-6-14(7-5-13)18(19,20)21/h3-9,16,24H,10H2,1-2H3,(H2,22,23,25). The minimum absolute atomic E-state index is 0.123. The van der Waals surface area contributed by atoms with Crippen molar-refractivity contribution < 1.29 is 23.1 Å². The molecule has 2 aromatic rings. The summed E-state index contributed by atoms with van der Waals surface area (Å²) < 4.78 is 37.5. The second-order valence-corrected chi connectivity index (χ2v) is 5.77. The van der Waals surface area contributed by atoms with Gasteiger partial charge in [0, 0.05) is 12.2 Å². The molecule has 3 N–H and O–H groups in total. The van der Waals surface area contributed by atoms with Crippen LogP contribution in [-0.4, -0.2) is 17.7 Å². The van der Waals surface area contributed by atoms with Crippen molar-refractivity contribution in [2.45, 2.75) is 26.1 Å². The molecule has 0 aliphatic heterocycles. The van der Waals surface area contributed by atoms with Crippen LogP contribution in [0.1, 0.15) is 28.4 Å². The summed E-state index contributed by atoms with van der Waals surface area (Å²) in [6.45, 7) is 3.76. The van der Waals surface area contributed by atoms with Crippen LogP contribution in [0, 0.1) is 13.8 Å². The molecule has 0 aromatic heterocycles. The second-order valence-electron chi connectivity index (χ2n) is 5.77. The molecule has 0 aliphatic rings. The summed E-state index contributed by atoms with van der Waals surface area (Å²) in [4.78, 5) is 11.8. The summed E-state index contributed by atoms with van der Waals surface area (Å²) in [5.41, 5.74) is 2.25. The zero-order chi connectivity index (χ0) is 18.6. The van der Waals surface area contributed by atoms with E-state index in [0.717, 1.165) is 23.3 Å². The van der Waals surface area contributed by atoms with Gasteiger partial charge in [0.2, 0.25) is 0 Å². The first kappa shape index (κ1) is 18.8. The number of halogens is 3. The Morgan fingerprint density at radius 1 is 1.08 bits per heavy atom. The van der Waals surface area contributed by atoms with Gasteiger partial charge in [-0.1, -0.05) is 18.2 Å². The molecule has 0 radical (unpaired) electrons. The maximum Gasteiger partial charge on any atom is 0.416 e. The number of aryl methyl sites for hydroxylation is 2. The molecule has 2 amide bonds. The topological polar surface area (TPSA) is 61.4 Å². The van der Waals surface area contributed by atoms with Crippen LogP contribution >= 0.6 is 0 Å². The summed E-state index contributed by atoms with van der Waals surface area (Å²) in [6, 6.07) is 9.13. The van der Waals surface area contributed by atoms with Crippen LogP contribution in [0.2, 0.25) is 0 Å². The highest BCUT2D eigenvalue weighted by Gasteiger charge is 2.30.